The Kier molecular flexibility index (Phi) is 7.31. The third-order valence-electron chi connectivity index (χ3n) is 7.00. The van der Waals surface area contributed by atoms with Crippen LogP contribution in [0, 0.1) is 11.8 Å². The highest BCUT2D eigenvalue weighted by atomic mass is 16.2. The number of carbonyl (C=O) groups is 1. The van der Waals surface area contributed by atoms with Crippen LogP contribution in [0.5, 0.6) is 0 Å². The Morgan fingerprint density at radius 2 is 1.82 bits per heavy atom. The number of fused-ring (bicyclic) bond motifs is 1. The molecule has 0 spiro atoms. The third kappa shape index (κ3) is 5.30. The number of hydrogen-bond acceptors (Lipinski definition) is 6. The summed E-state index contributed by atoms with van der Waals surface area (Å²) in [6, 6.07) is 7.49. The van der Waals surface area contributed by atoms with E-state index < -0.39 is 0 Å². The number of carbonyl (C=O) groups excluding carboxylic acids is 1. The molecule has 0 saturated heterocycles. The first-order valence-corrected chi connectivity index (χ1v) is 12.0. The fourth-order valence-corrected chi connectivity index (χ4v) is 4.80. The molecule has 3 aromatic rings. The SMILES string of the molecule is CC(C1CCC(C(=O)Nc2ccncc2)CC1)n1c(=O)[nH]c2ccc(N(C)CCN(C)C)nc21. The summed E-state index contributed by atoms with van der Waals surface area (Å²) < 4.78 is 1.81. The molecule has 0 aromatic carbocycles. The molecule has 3 aromatic heterocycles. The van der Waals surface area contributed by atoms with Gasteiger partial charge in [-0.2, -0.15) is 0 Å². The fraction of sp³-hybridized carbons (Fsp3) is 0.520. The van der Waals surface area contributed by atoms with Gasteiger partial charge < -0.3 is 20.1 Å². The normalized spacial score (nSPS) is 19.3. The molecule has 34 heavy (non-hydrogen) atoms. The van der Waals surface area contributed by atoms with Crippen molar-refractivity contribution in [3.63, 3.8) is 0 Å². The summed E-state index contributed by atoms with van der Waals surface area (Å²) in [7, 11) is 6.12. The number of amides is 1. The largest absolute Gasteiger partial charge is 0.358 e. The van der Waals surface area contributed by atoms with Crippen molar-refractivity contribution in [2.24, 2.45) is 11.8 Å². The van der Waals surface area contributed by atoms with Crippen molar-refractivity contribution < 1.29 is 4.79 Å². The average Bonchev–Trinajstić information content (AvgIpc) is 3.17. The predicted octanol–water partition coefficient (Wildman–Crippen LogP) is 3.12. The lowest BCUT2D eigenvalue weighted by Crippen LogP contribution is -2.32. The number of pyridine rings is 2. The maximum atomic E-state index is 12.9. The Morgan fingerprint density at radius 3 is 2.50 bits per heavy atom. The molecule has 2 N–H and O–H groups in total. The number of aromatic amines is 1. The van der Waals surface area contributed by atoms with Crippen molar-refractivity contribution in [2.75, 3.05) is 44.4 Å². The summed E-state index contributed by atoms with van der Waals surface area (Å²) in [4.78, 5) is 41.6. The Morgan fingerprint density at radius 1 is 1.12 bits per heavy atom. The third-order valence-corrected chi connectivity index (χ3v) is 7.00. The van der Waals surface area contributed by atoms with E-state index in [-0.39, 0.29) is 23.6 Å². The number of hydrogen-bond donors (Lipinski definition) is 2. The quantitative estimate of drug-likeness (QED) is 0.530. The summed E-state index contributed by atoms with van der Waals surface area (Å²) in [5.74, 6) is 1.23. The van der Waals surface area contributed by atoms with E-state index in [1.807, 2.05) is 33.3 Å². The van der Waals surface area contributed by atoms with Crippen molar-refractivity contribution >= 4 is 28.6 Å². The number of likely N-dealkylation sites (N-methyl/N-ethyl adjacent to an activating group) is 2. The van der Waals surface area contributed by atoms with Crippen LogP contribution in [-0.2, 0) is 4.79 Å². The van der Waals surface area contributed by atoms with E-state index in [4.69, 9.17) is 4.98 Å². The van der Waals surface area contributed by atoms with Crippen molar-refractivity contribution in [1.29, 1.82) is 0 Å². The first-order valence-electron chi connectivity index (χ1n) is 12.0. The minimum atomic E-state index is -0.124. The number of anilines is 2. The first kappa shape index (κ1) is 23.9. The van der Waals surface area contributed by atoms with Gasteiger partial charge >= 0.3 is 5.69 Å². The molecule has 1 fully saturated rings. The molecule has 9 heteroatoms. The number of rotatable bonds is 8. The van der Waals surface area contributed by atoms with Crippen molar-refractivity contribution in [3.8, 4) is 0 Å². The Hall–Kier alpha value is -3.20. The van der Waals surface area contributed by atoms with Gasteiger partial charge in [0.05, 0.1) is 5.52 Å². The molecular formula is C25H35N7O2. The van der Waals surface area contributed by atoms with Gasteiger partial charge in [0.25, 0.3) is 0 Å². The number of nitrogens with one attached hydrogen (secondary N) is 2. The Labute approximate surface area is 200 Å². The molecule has 1 unspecified atom stereocenters. The molecule has 4 rings (SSSR count). The number of aromatic nitrogens is 4. The van der Waals surface area contributed by atoms with Crippen LogP contribution in [0.4, 0.5) is 11.5 Å². The zero-order valence-electron chi connectivity index (χ0n) is 20.5. The van der Waals surface area contributed by atoms with E-state index in [0.29, 0.717) is 11.6 Å². The van der Waals surface area contributed by atoms with Gasteiger partial charge in [-0.05, 0) is 76.9 Å². The standard InChI is InChI=1S/C25H35N7O2/c1-17(18-5-7-19(8-6-18)24(33)27-20-11-13-26-14-12-20)32-23-21(28-25(32)34)9-10-22(29-23)31(4)16-15-30(2)3/h9-14,17-19H,5-8,15-16H2,1-4H3,(H,28,34)(H,26,27,33). The van der Waals surface area contributed by atoms with Crippen LogP contribution >= 0.6 is 0 Å². The van der Waals surface area contributed by atoms with E-state index in [1.165, 1.54) is 0 Å². The topological polar surface area (TPSA) is 99.1 Å². The lowest BCUT2D eigenvalue weighted by molar-refractivity contribution is -0.121. The molecule has 0 bridgehead atoms. The highest BCUT2D eigenvalue weighted by molar-refractivity contribution is 5.92. The zero-order valence-corrected chi connectivity index (χ0v) is 20.5. The van der Waals surface area contributed by atoms with E-state index >= 15 is 0 Å². The summed E-state index contributed by atoms with van der Waals surface area (Å²) in [6.07, 6.45) is 6.78. The smallest absolute Gasteiger partial charge is 0.327 e. The Balaban J connectivity index is 1.45. The lowest BCUT2D eigenvalue weighted by Gasteiger charge is -2.32. The molecule has 0 aliphatic heterocycles. The average molecular weight is 466 g/mol. The predicted molar refractivity (Wildman–Crippen MR) is 135 cm³/mol. The van der Waals surface area contributed by atoms with Gasteiger partial charge in [0.15, 0.2) is 5.65 Å². The Bertz CT molecular complexity index is 1160. The van der Waals surface area contributed by atoms with Crippen molar-refractivity contribution in [2.45, 2.75) is 38.6 Å². The molecular weight excluding hydrogens is 430 g/mol. The summed E-state index contributed by atoms with van der Waals surface area (Å²) in [5.41, 5.74) is 2.11. The van der Waals surface area contributed by atoms with E-state index in [2.05, 4.69) is 32.0 Å². The molecule has 0 radical (unpaired) electrons. The minimum Gasteiger partial charge on any atom is -0.358 e. The van der Waals surface area contributed by atoms with Crippen LogP contribution in [0.15, 0.2) is 41.5 Å². The van der Waals surface area contributed by atoms with Gasteiger partial charge in [-0.3, -0.25) is 14.3 Å². The molecule has 1 atom stereocenters. The van der Waals surface area contributed by atoms with E-state index in [0.717, 1.165) is 55.8 Å². The van der Waals surface area contributed by atoms with Gasteiger partial charge in [-0.15, -0.1) is 0 Å². The van der Waals surface area contributed by atoms with Crippen LogP contribution in [0.2, 0.25) is 0 Å². The maximum Gasteiger partial charge on any atom is 0.327 e. The van der Waals surface area contributed by atoms with Gasteiger partial charge in [-0.25, -0.2) is 9.78 Å². The van der Waals surface area contributed by atoms with Crippen LogP contribution in [0.25, 0.3) is 11.2 Å². The van der Waals surface area contributed by atoms with E-state index in [1.54, 1.807) is 29.1 Å². The molecule has 1 saturated carbocycles. The van der Waals surface area contributed by atoms with Gasteiger partial charge in [0.2, 0.25) is 5.91 Å². The molecule has 1 aliphatic rings. The summed E-state index contributed by atoms with van der Waals surface area (Å²) >= 11 is 0. The first-order chi connectivity index (χ1) is 16.3. The van der Waals surface area contributed by atoms with E-state index in [9.17, 15) is 9.59 Å². The summed E-state index contributed by atoms with van der Waals surface area (Å²) in [5, 5.41) is 2.99. The molecule has 1 aliphatic carbocycles. The zero-order chi connectivity index (χ0) is 24.2. The second-order valence-corrected chi connectivity index (χ2v) is 9.64. The van der Waals surface area contributed by atoms with Crippen molar-refractivity contribution in [3.05, 3.63) is 47.1 Å². The molecule has 1 amide bonds. The number of nitrogens with zero attached hydrogens (tertiary/aromatic N) is 5. The molecule has 182 valence electrons. The highest BCUT2D eigenvalue weighted by Crippen LogP contribution is 2.36. The number of imidazole rings is 1. The monoisotopic (exact) mass is 465 g/mol. The second-order valence-electron chi connectivity index (χ2n) is 9.64. The van der Waals surface area contributed by atoms with Crippen LogP contribution in [0.1, 0.15) is 38.6 Å². The fourth-order valence-electron chi connectivity index (χ4n) is 4.80. The highest BCUT2D eigenvalue weighted by Gasteiger charge is 2.31. The van der Waals surface area contributed by atoms with Crippen LogP contribution in [0.3, 0.4) is 0 Å². The minimum absolute atomic E-state index is 0.000269. The molecule has 9 nitrogen and oxygen atoms in total. The maximum absolute atomic E-state index is 12.9. The van der Waals surface area contributed by atoms with Gasteiger partial charge in [0.1, 0.15) is 5.82 Å². The lowest BCUT2D eigenvalue weighted by atomic mass is 9.78. The van der Waals surface area contributed by atoms with Gasteiger partial charge in [-0.1, -0.05) is 0 Å². The van der Waals surface area contributed by atoms with Gasteiger partial charge in [0, 0.05) is 50.2 Å². The van der Waals surface area contributed by atoms with Crippen LogP contribution < -0.4 is 15.9 Å². The number of H-pyrrole nitrogens is 1. The van der Waals surface area contributed by atoms with Crippen molar-refractivity contribution in [1.82, 2.24) is 24.4 Å². The molecule has 3 heterocycles. The van der Waals surface area contributed by atoms with Crippen LogP contribution in [-0.4, -0.2) is 64.6 Å². The summed E-state index contributed by atoms with van der Waals surface area (Å²) in [6.45, 7) is 3.87. The second kappa shape index (κ2) is 10.4.